The minimum absolute atomic E-state index is 0.000121. The molecule has 3 heterocycles. The summed E-state index contributed by atoms with van der Waals surface area (Å²) in [6.45, 7) is 9.28. The van der Waals surface area contributed by atoms with Gasteiger partial charge in [-0.3, -0.25) is 4.79 Å². The lowest BCUT2D eigenvalue weighted by molar-refractivity contribution is 0.0743. The number of ether oxygens (including phenoxy) is 1. The zero-order valence-electron chi connectivity index (χ0n) is 18.9. The van der Waals surface area contributed by atoms with E-state index < -0.39 is 0 Å². The highest BCUT2D eigenvalue weighted by molar-refractivity contribution is 5.97. The molecule has 4 rings (SSSR count). The van der Waals surface area contributed by atoms with Crippen molar-refractivity contribution in [2.45, 2.75) is 45.9 Å². The smallest absolute Gasteiger partial charge is 0.258 e. The molecule has 1 amide bonds. The highest BCUT2D eigenvalue weighted by Gasteiger charge is 2.39. The van der Waals surface area contributed by atoms with Gasteiger partial charge in [0.1, 0.15) is 18.2 Å². The molecule has 7 heteroatoms. The second-order valence-corrected chi connectivity index (χ2v) is 8.95. The van der Waals surface area contributed by atoms with Gasteiger partial charge in [0.05, 0.1) is 30.4 Å². The van der Waals surface area contributed by atoms with Crippen LogP contribution in [-0.2, 0) is 13.1 Å². The number of carbonyl (C=O) groups excluding carboxylic acids is 1. The van der Waals surface area contributed by atoms with Crippen molar-refractivity contribution < 1.29 is 9.53 Å². The number of fused-ring (bicyclic) bond motifs is 3. The SMILES string of the molecule is CC1C(C)N(C)c2c3c(nn2C1C)CN(C(=O)c1ccccc1OCCN(C)C)C3. The molecule has 0 aliphatic carbocycles. The Balaban J connectivity index is 1.55. The van der Waals surface area contributed by atoms with E-state index in [1.807, 2.05) is 43.3 Å². The van der Waals surface area contributed by atoms with Crippen LogP contribution in [0.15, 0.2) is 24.3 Å². The molecule has 3 atom stereocenters. The van der Waals surface area contributed by atoms with E-state index in [1.165, 1.54) is 5.56 Å². The van der Waals surface area contributed by atoms with Crippen LogP contribution in [0.25, 0.3) is 0 Å². The van der Waals surface area contributed by atoms with Gasteiger partial charge in [0.25, 0.3) is 5.91 Å². The van der Waals surface area contributed by atoms with Crippen LogP contribution >= 0.6 is 0 Å². The zero-order valence-corrected chi connectivity index (χ0v) is 18.9. The first kappa shape index (κ1) is 20.7. The van der Waals surface area contributed by atoms with Gasteiger partial charge in [-0.05, 0) is 46.0 Å². The molecule has 0 bridgehead atoms. The standard InChI is InChI=1S/C23H33N5O2/c1-15-16(2)26(6)22-19-13-27(14-20(19)24-28(22)17(15)3)23(29)18-9-7-8-10-21(18)30-12-11-25(4)5/h7-10,15-17H,11-14H2,1-6H3. The number of para-hydroxylation sites is 1. The van der Waals surface area contributed by atoms with E-state index in [0.29, 0.717) is 49.0 Å². The third-order valence-electron chi connectivity index (χ3n) is 6.81. The van der Waals surface area contributed by atoms with E-state index in [0.717, 1.165) is 18.1 Å². The number of hydrogen-bond acceptors (Lipinski definition) is 5. The fourth-order valence-corrected chi connectivity index (χ4v) is 4.47. The van der Waals surface area contributed by atoms with Gasteiger partial charge in [-0.15, -0.1) is 0 Å². The summed E-state index contributed by atoms with van der Waals surface area (Å²) in [5.74, 6) is 2.33. The minimum Gasteiger partial charge on any atom is -0.491 e. The first-order valence-corrected chi connectivity index (χ1v) is 10.8. The summed E-state index contributed by atoms with van der Waals surface area (Å²) >= 11 is 0. The first-order chi connectivity index (χ1) is 14.3. The zero-order chi connectivity index (χ0) is 21.6. The molecule has 1 aromatic heterocycles. The van der Waals surface area contributed by atoms with Crippen molar-refractivity contribution in [2.75, 3.05) is 39.2 Å². The highest BCUT2D eigenvalue weighted by atomic mass is 16.5. The number of nitrogens with zero attached hydrogens (tertiary/aromatic N) is 5. The normalized spacial score (nSPS) is 23.0. The van der Waals surface area contributed by atoms with Crippen molar-refractivity contribution in [2.24, 2.45) is 5.92 Å². The minimum atomic E-state index is 0.000121. The van der Waals surface area contributed by atoms with Crippen molar-refractivity contribution in [3.63, 3.8) is 0 Å². The largest absolute Gasteiger partial charge is 0.491 e. The lowest BCUT2D eigenvalue weighted by atomic mass is 9.92. The monoisotopic (exact) mass is 411 g/mol. The Labute approximate surface area is 179 Å². The molecule has 3 unspecified atom stereocenters. The van der Waals surface area contributed by atoms with Gasteiger partial charge in [-0.2, -0.15) is 5.10 Å². The molecular formula is C23H33N5O2. The lowest BCUT2D eigenvalue weighted by Crippen LogP contribution is -2.44. The topological polar surface area (TPSA) is 53.8 Å². The number of rotatable bonds is 5. The molecule has 162 valence electrons. The van der Waals surface area contributed by atoms with E-state index in [4.69, 9.17) is 9.84 Å². The summed E-state index contributed by atoms with van der Waals surface area (Å²) in [6.07, 6.45) is 0. The molecule has 7 nitrogen and oxygen atoms in total. The van der Waals surface area contributed by atoms with E-state index in [9.17, 15) is 4.79 Å². The average molecular weight is 412 g/mol. The lowest BCUT2D eigenvalue weighted by Gasteiger charge is -2.41. The fourth-order valence-electron chi connectivity index (χ4n) is 4.47. The number of anilines is 1. The third kappa shape index (κ3) is 3.45. The molecule has 0 spiro atoms. The molecule has 0 radical (unpaired) electrons. The van der Waals surface area contributed by atoms with Crippen LogP contribution in [0.4, 0.5) is 5.82 Å². The van der Waals surface area contributed by atoms with Crippen molar-refractivity contribution in [1.29, 1.82) is 0 Å². The number of likely N-dealkylation sites (N-methyl/N-ethyl adjacent to an activating group) is 1. The van der Waals surface area contributed by atoms with Crippen LogP contribution in [0.5, 0.6) is 5.75 Å². The molecule has 0 N–H and O–H groups in total. The van der Waals surface area contributed by atoms with E-state index in [-0.39, 0.29) is 5.91 Å². The summed E-state index contributed by atoms with van der Waals surface area (Å²) in [5.41, 5.74) is 2.82. The maximum absolute atomic E-state index is 13.3. The predicted molar refractivity (Wildman–Crippen MR) is 118 cm³/mol. The van der Waals surface area contributed by atoms with E-state index >= 15 is 0 Å². The molecule has 2 aliphatic heterocycles. The molecule has 0 saturated carbocycles. The Morgan fingerprint density at radius 2 is 1.90 bits per heavy atom. The molecule has 30 heavy (non-hydrogen) atoms. The Morgan fingerprint density at radius 3 is 2.63 bits per heavy atom. The molecule has 2 aromatic rings. The Hall–Kier alpha value is -2.54. The molecule has 0 saturated heterocycles. The highest BCUT2D eigenvalue weighted by Crippen LogP contribution is 2.41. The summed E-state index contributed by atoms with van der Waals surface area (Å²) < 4.78 is 8.08. The van der Waals surface area contributed by atoms with E-state index in [2.05, 4.69) is 42.3 Å². The quantitative estimate of drug-likeness (QED) is 0.757. The second-order valence-electron chi connectivity index (χ2n) is 8.95. The van der Waals surface area contributed by atoms with Crippen LogP contribution < -0.4 is 9.64 Å². The Morgan fingerprint density at radius 1 is 1.17 bits per heavy atom. The first-order valence-electron chi connectivity index (χ1n) is 10.8. The summed E-state index contributed by atoms with van der Waals surface area (Å²) in [4.78, 5) is 19.6. The van der Waals surface area contributed by atoms with Crippen LogP contribution in [0.2, 0.25) is 0 Å². The van der Waals surface area contributed by atoms with Crippen molar-refractivity contribution in [3.05, 3.63) is 41.1 Å². The number of amides is 1. The predicted octanol–water partition coefficient (Wildman–Crippen LogP) is 3.01. The maximum Gasteiger partial charge on any atom is 0.258 e. The van der Waals surface area contributed by atoms with Crippen LogP contribution in [-0.4, -0.2) is 65.8 Å². The molecule has 1 aromatic carbocycles. The fraction of sp³-hybridized carbons (Fsp3) is 0.565. The van der Waals surface area contributed by atoms with Gasteiger partial charge in [0, 0.05) is 25.2 Å². The Bertz CT molecular complexity index is 938. The van der Waals surface area contributed by atoms with Gasteiger partial charge in [-0.25, -0.2) is 4.68 Å². The molecule has 2 aliphatic rings. The molecule has 0 fully saturated rings. The van der Waals surface area contributed by atoms with Gasteiger partial charge in [0.15, 0.2) is 0 Å². The van der Waals surface area contributed by atoms with Crippen LogP contribution in [0.1, 0.15) is 48.4 Å². The van der Waals surface area contributed by atoms with Gasteiger partial charge in [0.2, 0.25) is 0 Å². The summed E-state index contributed by atoms with van der Waals surface area (Å²) in [7, 11) is 6.15. The number of benzene rings is 1. The van der Waals surface area contributed by atoms with Gasteiger partial charge in [-0.1, -0.05) is 19.1 Å². The van der Waals surface area contributed by atoms with Crippen molar-refractivity contribution >= 4 is 11.7 Å². The maximum atomic E-state index is 13.3. The van der Waals surface area contributed by atoms with Crippen LogP contribution in [0.3, 0.4) is 0 Å². The average Bonchev–Trinajstić information content (AvgIpc) is 3.28. The molecular weight excluding hydrogens is 378 g/mol. The Kier molecular flexibility index (Phi) is 5.49. The summed E-state index contributed by atoms with van der Waals surface area (Å²) in [6, 6.07) is 8.32. The van der Waals surface area contributed by atoms with Crippen molar-refractivity contribution in [1.82, 2.24) is 19.6 Å². The van der Waals surface area contributed by atoms with Crippen molar-refractivity contribution in [3.8, 4) is 5.75 Å². The van der Waals surface area contributed by atoms with E-state index in [1.54, 1.807) is 0 Å². The van der Waals surface area contributed by atoms with Gasteiger partial charge < -0.3 is 19.4 Å². The van der Waals surface area contributed by atoms with Crippen LogP contribution in [0, 0.1) is 5.92 Å². The summed E-state index contributed by atoms with van der Waals surface area (Å²) in [5, 5.41) is 4.91. The number of carbonyl (C=O) groups is 1. The third-order valence-corrected chi connectivity index (χ3v) is 6.81. The number of aromatic nitrogens is 2. The second kappa shape index (κ2) is 7.95. The number of hydrogen-bond donors (Lipinski definition) is 0. The van der Waals surface area contributed by atoms with Gasteiger partial charge >= 0.3 is 0 Å².